The molecule has 0 unspecified atom stereocenters. The van der Waals surface area contributed by atoms with Gasteiger partial charge in [-0.25, -0.2) is 4.98 Å². The molecule has 0 aliphatic carbocycles. The molecule has 6 nitrogen and oxygen atoms in total. The lowest BCUT2D eigenvalue weighted by Crippen LogP contribution is -2.25. The van der Waals surface area contributed by atoms with Crippen molar-refractivity contribution in [2.24, 2.45) is 0 Å². The van der Waals surface area contributed by atoms with E-state index in [1.807, 2.05) is 35.0 Å². The number of hydrogen-bond donors (Lipinski definition) is 2. The van der Waals surface area contributed by atoms with Gasteiger partial charge in [0.2, 0.25) is 5.91 Å². The summed E-state index contributed by atoms with van der Waals surface area (Å²) in [5.41, 5.74) is 2.20. The number of halogens is 1. The van der Waals surface area contributed by atoms with Gasteiger partial charge < -0.3 is 15.2 Å². The Hall–Kier alpha value is -3.12. The van der Waals surface area contributed by atoms with Crippen LogP contribution in [0.3, 0.4) is 0 Å². The molecule has 144 valence electrons. The highest BCUT2D eigenvalue weighted by atomic mass is 35.5. The van der Waals surface area contributed by atoms with E-state index in [0.29, 0.717) is 42.2 Å². The minimum atomic E-state index is -0.177. The summed E-state index contributed by atoms with van der Waals surface area (Å²) in [5.74, 6) is -0.294. The van der Waals surface area contributed by atoms with Gasteiger partial charge in [0.15, 0.2) is 0 Å². The molecule has 2 N–H and O–H groups in total. The maximum Gasteiger partial charge on any atom is 0.251 e. The second-order valence-electron chi connectivity index (χ2n) is 6.31. The maximum absolute atomic E-state index is 12.4. The molecule has 0 spiro atoms. The van der Waals surface area contributed by atoms with Crippen LogP contribution in [0.5, 0.6) is 0 Å². The summed E-state index contributed by atoms with van der Waals surface area (Å²) in [4.78, 5) is 28.4. The number of carbonyl (C=O) groups excluding carboxylic acids is 2. The van der Waals surface area contributed by atoms with Crippen LogP contribution in [-0.4, -0.2) is 27.9 Å². The molecule has 1 heterocycles. The average Bonchev–Trinajstić information content (AvgIpc) is 3.22. The van der Waals surface area contributed by atoms with Gasteiger partial charge in [-0.05, 0) is 42.3 Å². The Morgan fingerprint density at radius 3 is 2.68 bits per heavy atom. The molecular formula is C21H21ClN4O2. The van der Waals surface area contributed by atoms with E-state index in [9.17, 15) is 9.59 Å². The number of nitrogens with zero attached hydrogens (tertiary/aromatic N) is 2. The summed E-state index contributed by atoms with van der Waals surface area (Å²) in [6.45, 7) is 1.07. The first kappa shape index (κ1) is 19.6. The van der Waals surface area contributed by atoms with Crippen molar-refractivity contribution in [3.8, 4) is 0 Å². The number of nitrogens with one attached hydrogen (secondary N) is 2. The number of aromatic nitrogens is 2. The molecule has 0 radical (unpaired) electrons. The van der Waals surface area contributed by atoms with Crippen LogP contribution in [0.25, 0.3) is 0 Å². The highest BCUT2D eigenvalue weighted by Gasteiger charge is 2.08. The Labute approximate surface area is 168 Å². The van der Waals surface area contributed by atoms with Gasteiger partial charge in [-0.15, -0.1) is 0 Å². The lowest BCUT2D eigenvalue weighted by atomic mass is 10.1. The molecule has 0 saturated heterocycles. The number of imidazole rings is 1. The molecule has 0 aliphatic rings. The van der Waals surface area contributed by atoms with E-state index in [-0.39, 0.29) is 11.8 Å². The first-order valence-electron chi connectivity index (χ1n) is 8.98. The summed E-state index contributed by atoms with van der Waals surface area (Å²) in [6, 6.07) is 14.4. The van der Waals surface area contributed by atoms with Gasteiger partial charge in [-0.1, -0.05) is 29.8 Å². The van der Waals surface area contributed by atoms with E-state index in [0.717, 1.165) is 5.56 Å². The molecule has 7 heteroatoms. The molecule has 0 aliphatic heterocycles. The molecule has 0 fully saturated rings. The lowest BCUT2D eigenvalue weighted by Gasteiger charge is -2.09. The fourth-order valence-electron chi connectivity index (χ4n) is 2.68. The Morgan fingerprint density at radius 1 is 1.11 bits per heavy atom. The van der Waals surface area contributed by atoms with Gasteiger partial charge in [0, 0.05) is 48.2 Å². The van der Waals surface area contributed by atoms with Gasteiger partial charge in [-0.2, -0.15) is 0 Å². The normalized spacial score (nSPS) is 10.5. The summed E-state index contributed by atoms with van der Waals surface area (Å²) in [5, 5.41) is 6.40. The summed E-state index contributed by atoms with van der Waals surface area (Å²) >= 11 is 5.87. The molecule has 1 aromatic heterocycles. The average molecular weight is 397 g/mol. The summed E-state index contributed by atoms with van der Waals surface area (Å²) in [6.07, 6.45) is 6.19. The molecule has 0 bridgehead atoms. The molecule has 2 amide bonds. The fraction of sp³-hybridized carbons (Fsp3) is 0.190. The van der Waals surface area contributed by atoms with Crippen molar-refractivity contribution in [2.45, 2.75) is 19.4 Å². The maximum atomic E-state index is 12.4. The van der Waals surface area contributed by atoms with Gasteiger partial charge in [0.1, 0.15) is 0 Å². The second kappa shape index (κ2) is 9.71. The third-order valence-corrected chi connectivity index (χ3v) is 4.43. The predicted octanol–water partition coefficient (Wildman–Crippen LogP) is 3.54. The van der Waals surface area contributed by atoms with Crippen molar-refractivity contribution in [2.75, 3.05) is 11.9 Å². The van der Waals surface area contributed by atoms with Crippen LogP contribution in [0.4, 0.5) is 5.69 Å². The topological polar surface area (TPSA) is 76.0 Å². The van der Waals surface area contributed by atoms with Gasteiger partial charge in [0.05, 0.1) is 6.33 Å². The van der Waals surface area contributed by atoms with E-state index in [2.05, 4.69) is 15.6 Å². The van der Waals surface area contributed by atoms with Gasteiger partial charge >= 0.3 is 0 Å². The zero-order chi connectivity index (χ0) is 19.8. The third-order valence-electron chi connectivity index (χ3n) is 4.18. The van der Waals surface area contributed by atoms with Crippen LogP contribution in [0.1, 0.15) is 22.3 Å². The lowest BCUT2D eigenvalue weighted by molar-refractivity contribution is -0.116. The van der Waals surface area contributed by atoms with Crippen molar-refractivity contribution in [1.29, 1.82) is 0 Å². The molecular weight excluding hydrogens is 376 g/mol. The van der Waals surface area contributed by atoms with E-state index in [1.54, 1.807) is 36.8 Å². The van der Waals surface area contributed by atoms with Crippen molar-refractivity contribution in [3.63, 3.8) is 0 Å². The Bertz CT molecular complexity index is 924. The van der Waals surface area contributed by atoms with Crippen molar-refractivity contribution >= 4 is 29.1 Å². The smallest absolute Gasteiger partial charge is 0.251 e. The number of rotatable bonds is 8. The molecule has 3 rings (SSSR count). The largest absolute Gasteiger partial charge is 0.352 e. The summed E-state index contributed by atoms with van der Waals surface area (Å²) < 4.78 is 1.84. The van der Waals surface area contributed by atoms with Gasteiger partial charge in [-0.3, -0.25) is 9.59 Å². The Morgan fingerprint density at radius 2 is 1.93 bits per heavy atom. The quantitative estimate of drug-likeness (QED) is 0.611. The second-order valence-corrected chi connectivity index (χ2v) is 6.75. The number of anilines is 1. The van der Waals surface area contributed by atoms with Crippen LogP contribution in [-0.2, 0) is 17.8 Å². The number of carbonyl (C=O) groups is 2. The Kier molecular flexibility index (Phi) is 6.81. The molecule has 28 heavy (non-hydrogen) atoms. The van der Waals surface area contributed by atoms with E-state index in [4.69, 9.17) is 11.6 Å². The van der Waals surface area contributed by atoms with E-state index >= 15 is 0 Å². The molecule has 0 saturated carbocycles. The van der Waals surface area contributed by atoms with E-state index < -0.39 is 0 Å². The zero-order valence-corrected chi connectivity index (χ0v) is 16.0. The minimum absolute atomic E-state index is 0.117. The Balaban J connectivity index is 1.48. The highest BCUT2D eigenvalue weighted by molar-refractivity contribution is 6.30. The minimum Gasteiger partial charge on any atom is -0.352 e. The fourth-order valence-corrected chi connectivity index (χ4v) is 2.81. The van der Waals surface area contributed by atoms with Crippen LogP contribution in [0, 0.1) is 0 Å². The first-order valence-corrected chi connectivity index (χ1v) is 9.36. The van der Waals surface area contributed by atoms with Crippen molar-refractivity contribution < 1.29 is 9.59 Å². The third kappa shape index (κ3) is 5.96. The van der Waals surface area contributed by atoms with Crippen molar-refractivity contribution in [1.82, 2.24) is 14.9 Å². The number of benzene rings is 2. The summed E-state index contributed by atoms with van der Waals surface area (Å²) in [7, 11) is 0. The standard InChI is InChI=1S/C21H21ClN4O2/c22-18-6-4-16(5-7-18)8-10-24-21(28)17-2-1-3-19(14-17)25-20(27)9-12-26-13-11-23-15-26/h1-7,11,13-15H,8-10,12H2,(H,24,28)(H,25,27). The van der Waals surface area contributed by atoms with Crippen LogP contribution in [0.15, 0.2) is 67.3 Å². The monoisotopic (exact) mass is 396 g/mol. The number of aryl methyl sites for hydroxylation is 1. The highest BCUT2D eigenvalue weighted by Crippen LogP contribution is 2.12. The molecule has 3 aromatic rings. The SMILES string of the molecule is O=C(CCn1ccnc1)Nc1cccc(C(=O)NCCc2ccc(Cl)cc2)c1. The van der Waals surface area contributed by atoms with E-state index in [1.165, 1.54) is 0 Å². The molecule has 0 atom stereocenters. The predicted molar refractivity (Wildman–Crippen MR) is 109 cm³/mol. The van der Waals surface area contributed by atoms with Crippen LogP contribution in [0.2, 0.25) is 5.02 Å². The van der Waals surface area contributed by atoms with Crippen molar-refractivity contribution in [3.05, 3.63) is 83.4 Å². The van der Waals surface area contributed by atoms with Gasteiger partial charge in [0.25, 0.3) is 5.91 Å². The number of hydrogen-bond acceptors (Lipinski definition) is 3. The van der Waals surface area contributed by atoms with Crippen LogP contribution < -0.4 is 10.6 Å². The first-order chi connectivity index (χ1) is 13.6. The molecule has 2 aromatic carbocycles. The van der Waals surface area contributed by atoms with Crippen LogP contribution >= 0.6 is 11.6 Å². The number of amides is 2. The zero-order valence-electron chi connectivity index (χ0n) is 15.3.